The lowest BCUT2D eigenvalue weighted by Gasteiger charge is -2.31. The molecular formula is C22H25N5O4. The molecule has 0 aromatic carbocycles. The second-order valence-corrected chi connectivity index (χ2v) is 8.18. The molecule has 2 amide bonds. The van der Waals surface area contributed by atoms with Gasteiger partial charge in [-0.15, -0.1) is 0 Å². The minimum absolute atomic E-state index is 0.0343. The molecule has 0 radical (unpaired) electrons. The first kappa shape index (κ1) is 19.6. The lowest BCUT2D eigenvalue weighted by atomic mass is 9.92. The average Bonchev–Trinajstić information content (AvgIpc) is 3.58. The van der Waals surface area contributed by atoms with Crippen LogP contribution in [0.3, 0.4) is 0 Å². The van der Waals surface area contributed by atoms with Gasteiger partial charge in [0.2, 0.25) is 0 Å². The molecule has 0 bridgehead atoms. The summed E-state index contributed by atoms with van der Waals surface area (Å²) in [4.78, 5) is 27.1. The zero-order valence-corrected chi connectivity index (χ0v) is 17.2. The van der Waals surface area contributed by atoms with Crippen LogP contribution in [0.5, 0.6) is 0 Å². The highest BCUT2D eigenvalue weighted by Gasteiger charge is 2.31. The van der Waals surface area contributed by atoms with Crippen molar-refractivity contribution in [3.8, 4) is 0 Å². The molecule has 0 saturated carbocycles. The maximum absolute atomic E-state index is 13.0. The third kappa shape index (κ3) is 3.99. The SMILES string of the molecule is O=C(NCc1ccco1)c1cc(C2CCN(C(=O)c3noc4c3CCCC4)CC2)[nH]n1. The van der Waals surface area contributed by atoms with Gasteiger partial charge in [0, 0.05) is 36.7 Å². The Bertz CT molecular complexity index is 1060. The van der Waals surface area contributed by atoms with Gasteiger partial charge >= 0.3 is 0 Å². The molecule has 4 heterocycles. The number of aromatic amines is 1. The normalized spacial score (nSPS) is 16.8. The number of rotatable bonds is 5. The Kier molecular flexibility index (Phi) is 5.31. The van der Waals surface area contributed by atoms with Crippen LogP contribution in [-0.2, 0) is 19.4 Å². The topological polar surface area (TPSA) is 117 Å². The van der Waals surface area contributed by atoms with E-state index in [2.05, 4.69) is 20.7 Å². The fraction of sp³-hybridized carbons (Fsp3) is 0.455. The summed E-state index contributed by atoms with van der Waals surface area (Å²) in [5.74, 6) is 1.51. The van der Waals surface area contributed by atoms with Crippen LogP contribution in [0.25, 0.3) is 0 Å². The standard InChI is InChI=1S/C22H25N5O4/c28-21(23-13-15-4-3-11-30-15)18-12-17(24-25-18)14-7-9-27(10-8-14)22(29)20-16-5-1-2-6-19(16)31-26-20/h3-4,11-12,14H,1-2,5-10,13H2,(H,23,28)(H,24,25). The van der Waals surface area contributed by atoms with Gasteiger partial charge in [0.25, 0.3) is 11.8 Å². The predicted octanol–water partition coefficient (Wildman–Crippen LogP) is 2.82. The van der Waals surface area contributed by atoms with E-state index in [0.29, 0.717) is 36.8 Å². The van der Waals surface area contributed by atoms with Crippen molar-refractivity contribution >= 4 is 11.8 Å². The summed E-state index contributed by atoms with van der Waals surface area (Å²) in [5.41, 5.74) is 2.77. The Morgan fingerprint density at radius 2 is 2.06 bits per heavy atom. The van der Waals surface area contributed by atoms with Gasteiger partial charge in [-0.3, -0.25) is 14.7 Å². The number of likely N-dealkylation sites (tertiary alicyclic amines) is 1. The second-order valence-electron chi connectivity index (χ2n) is 8.18. The summed E-state index contributed by atoms with van der Waals surface area (Å²) in [6.45, 7) is 1.61. The largest absolute Gasteiger partial charge is 0.467 e. The minimum Gasteiger partial charge on any atom is -0.467 e. The number of piperidine rings is 1. The number of aromatic nitrogens is 3. The third-order valence-electron chi connectivity index (χ3n) is 6.21. The van der Waals surface area contributed by atoms with E-state index in [1.807, 2.05) is 4.90 Å². The number of aryl methyl sites for hydroxylation is 1. The van der Waals surface area contributed by atoms with Gasteiger partial charge in [0.15, 0.2) is 5.69 Å². The first-order valence-corrected chi connectivity index (χ1v) is 10.8. The van der Waals surface area contributed by atoms with Crippen molar-refractivity contribution in [2.45, 2.75) is 51.0 Å². The van der Waals surface area contributed by atoms with Gasteiger partial charge in [-0.1, -0.05) is 5.16 Å². The Labute approximate surface area is 179 Å². The van der Waals surface area contributed by atoms with Crippen LogP contribution in [0.4, 0.5) is 0 Å². The predicted molar refractivity (Wildman–Crippen MR) is 109 cm³/mol. The van der Waals surface area contributed by atoms with Crippen molar-refractivity contribution in [3.05, 3.63) is 58.6 Å². The van der Waals surface area contributed by atoms with E-state index >= 15 is 0 Å². The molecule has 31 heavy (non-hydrogen) atoms. The molecule has 1 saturated heterocycles. The van der Waals surface area contributed by atoms with E-state index < -0.39 is 0 Å². The third-order valence-corrected chi connectivity index (χ3v) is 6.21. The van der Waals surface area contributed by atoms with Crippen molar-refractivity contribution in [2.75, 3.05) is 13.1 Å². The molecular weight excluding hydrogens is 398 g/mol. The number of fused-ring (bicyclic) bond motifs is 1. The molecule has 0 spiro atoms. The minimum atomic E-state index is -0.248. The molecule has 9 heteroatoms. The molecule has 162 valence electrons. The Morgan fingerprint density at radius 3 is 2.87 bits per heavy atom. The lowest BCUT2D eigenvalue weighted by Crippen LogP contribution is -2.38. The maximum atomic E-state index is 13.0. The Hall–Kier alpha value is -3.36. The van der Waals surface area contributed by atoms with Crippen LogP contribution in [0.2, 0.25) is 0 Å². The first-order valence-electron chi connectivity index (χ1n) is 10.8. The molecule has 2 aliphatic rings. The van der Waals surface area contributed by atoms with Gasteiger partial charge < -0.3 is 19.2 Å². The molecule has 0 unspecified atom stereocenters. The highest BCUT2D eigenvalue weighted by Crippen LogP contribution is 2.30. The van der Waals surface area contributed by atoms with E-state index in [1.54, 1.807) is 24.5 Å². The summed E-state index contributed by atoms with van der Waals surface area (Å²) in [5, 5.41) is 14.0. The van der Waals surface area contributed by atoms with Gasteiger partial charge in [0.05, 0.1) is 12.8 Å². The van der Waals surface area contributed by atoms with Crippen molar-refractivity contribution < 1.29 is 18.5 Å². The lowest BCUT2D eigenvalue weighted by molar-refractivity contribution is 0.0700. The Balaban J connectivity index is 1.17. The van der Waals surface area contributed by atoms with Crippen LogP contribution in [0, 0.1) is 0 Å². The summed E-state index contributed by atoms with van der Waals surface area (Å²) >= 11 is 0. The smallest absolute Gasteiger partial charge is 0.276 e. The van der Waals surface area contributed by atoms with Gasteiger partial charge in [-0.05, 0) is 50.3 Å². The summed E-state index contributed by atoms with van der Waals surface area (Å²) in [6, 6.07) is 5.39. The number of H-pyrrole nitrogens is 1. The number of nitrogens with one attached hydrogen (secondary N) is 2. The number of hydrogen-bond acceptors (Lipinski definition) is 6. The monoisotopic (exact) mass is 423 g/mol. The molecule has 2 N–H and O–H groups in total. The summed E-state index contributed by atoms with van der Waals surface area (Å²) in [6.07, 6.45) is 7.09. The maximum Gasteiger partial charge on any atom is 0.276 e. The molecule has 1 fully saturated rings. The zero-order chi connectivity index (χ0) is 21.2. The average molecular weight is 423 g/mol. The molecule has 5 rings (SSSR count). The molecule has 3 aromatic rings. The summed E-state index contributed by atoms with van der Waals surface area (Å²) in [7, 11) is 0. The number of furan rings is 1. The zero-order valence-electron chi connectivity index (χ0n) is 17.2. The van der Waals surface area contributed by atoms with E-state index in [9.17, 15) is 9.59 Å². The van der Waals surface area contributed by atoms with E-state index in [1.165, 1.54) is 0 Å². The van der Waals surface area contributed by atoms with Gasteiger partial charge in [-0.25, -0.2) is 0 Å². The number of carbonyl (C=O) groups is 2. The number of hydrogen-bond donors (Lipinski definition) is 2. The fourth-order valence-corrected chi connectivity index (χ4v) is 4.43. The fourth-order valence-electron chi connectivity index (χ4n) is 4.43. The van der Waals surface area contributed by atoms with Crippen LogP contribution in [-0.4, -0.2) is 45.2 Å². The van der Waals surface area contributed by atoms with E-state index in [-0.39, 0.29) is 17.7 Å². The van der Waals surface area contributed by atoms with Gasteiger partial charge in [-0.2, -0.15) is 5.10 Å². The molecule has 1 aliphatic heterocycles. The van der Waals surface area contributed by atoms with E-state index in [0.717, 1.165) is 55.5 Å². The molecule has 9 nitrogen and oxygen atoms in total. The Morgan fingerprint density at radius 1 is 1.23 bits per heavy atom. The highest BCUT2D eigenvalue weighted by molar-refractivity contribution is 5.94. The van der Waals surface area contributed by atoms with Crippen molar-refractivity contribution in [2.24, 2.45) is 0 Å². The molecule has 0 atom stereocenters. The van der Waals surface area contributed by atoms with Crippen LogP contribution in [0.15, 0.2) is 33.4 Å². The highest BCUT2D eigenvalue weighted by atomic mass is 16.5. The number of amides is 2. The van der Waals surface area contributed by atoms with Crippen LogP contribution in [0.1, 0.15) is 75.4 Å². The van der Waals surface area contributed by atoms with Crippen molar-refractivity contribution in [3.63, 3.8) is 0 Å². The quantitative estimate of drug-likeness (QED) is 0.652. The van der Waals surface area contributed by atoms with Crippen LogP contribution < -0.4 is 5.32 Å². The van der Waals surface area contributed by atoms with E-state index in [4.69, 9.17) is 8.94 Å². The molecule has 1 aliphatic carbocycles. The summed E-state index contributed by atoms with van der Waals surface area (Å²) < 4.78 is 10.6. The first-order chi connectivity index (χ1) is 15.2. The number of nitrogens with zero attached hydrogens (tertiary/aromatic N) is 3. The second kappa shape index (κ2) is 8.41. The molecule has 3 aromatic heterocycles. The van der Waals surface area contributed by atoms with Crippen molar-refractivity contribution in [1.82, 2.24) is 25.6 Å². The van der Waals surface area contributed by atoms with Crippen molar-refractivity contribution in [1.29, 1.82) is 0 Å². The van der Waals surface area contributed by atoms with Gasteiger partial charge in [0.1, 0.15) is 17.2 Å². The number of carbonyl (C=O) groups excluding carboxylic acids is 2. The van der Waals surface area contributed by atoms with Crippen LogP contribution >= 0.6 is 0 Å².